The second-order valence-electron chi connectivity index (χ2n) is 3.41. The average Bonchev–Trinajstić information content (AvgIpc) is 2.15. The molecular formula is C8H14. The Bertz CT molecular complexity index is 101. The van der Waals surface area contributed by atoms with Crippen molar-refractivity contribution in [3.05, 3.63) is 12.7 Å². The van der Waals surface area contributed by atoms with E-state index in [1.54, 1.807) is 0 Å². The molecule has 0 aromatic heterocycles. The van der Waals surface area contributed by atoms with Crippen LogP contribution in [0, 0.1) is 11.3 Å². The van der Waals surface area contributed by atoms with Crippen LogP contribution in [-0.4, -0.2) is 0 Å². The van der Waals surface area contributed by atoms with Gasteiger partial charge in [-0.25, -0.2) is 0 Å². The molecular weight excluding hydrogens is 96.1 g/mol. The first-order valence-electron chi connectivity index (χ1n) is 3.28. The maximum absolute atomic E-state index is 3.71. The molecule has 1 rings (SSSR count). The second kappa shape index (κ2) is 1.61. The van der Waals surface area contributed by atoms with Crippen molar-refractivity contribution in [2.75, 3.05) is 0 Å². The van der Waals surface area contributed by atoms with Crippen molar-refractivity contribution in [1.29, 1.82) is 0 Å². The van der Waals surface area contributed by atoms with E-state index in [4.69, 9.17) is 0 Å². The molecule has 0 heterocycles. The Balaban J connectivity index is 2.26. The van der Waals surface area contributed by atoms with Crippen LogP contribution in [0.5, 0.6) is 0 Å². The van der Waals surface area contributed by atoms with Gasteiger partial charge in [0.25, 0.3) is 0 Å². The first-order valence-corrected chi connectivity index (χ1v) is 3.28. The van der Waals surface area contributed by atoms with E-state index in [2.05, 4.69) is 20.4 Å². The van der Waals surface area contributed by atoms with Gasteiger partial charge in [0.15, 0.2) is 0 Å². The van der Waals surface area contributed by atoms with Crippen molar-refractivity contribution in [2.24, 2.45) is 11.3 Å². The van der Waals surface area contributed by atoms with Gasteiger partial charge in [0, 0.05) is 0 Å². The van der Waals surface area contributed by atoms with Crippen LogP contribution in [0.1, 0.15) is 26.7 Å². The molecule has 1 aliphatic carbocycles. The summed E-state index contributed by atoms with van der Waals surface area (Å²) in [6.45, 7) is 8.35. The Morgan fingerprint density at radius 1 is 1.75 bits per heavy atom. The molecule has 1 unspecified atom stereocenters. The Hall–Kier alpha value is -0.260. The van der Waals surface area contributed by atoms with Crippen molar-refractivity contribution in [3.8, 4) is 0 Å². The van der Waals surface area contributed by atoms with Crippen LogP contribution in [0.2, 0.25) is 0 Å². The molecule has 0 saturated heterocycles. The van der Waals surface area contributed by atoms with Gasteiger partial charge in [-0.15, -0.1) is 6.58 Å². The van der Waals surface area contributed by atoms with E-state index in [-0.39, 0.29) is 0 Å². The van der Waals surface area contributed by atoms with Crippen LogP contribution in [-0.2, 0) is 0 Å². The molecule has 0 heteroatoms. The van der Waals surface area contributed by atoms with Gasteiger partial charge in [0.2, 0.25) is 0 Å². The van der Waals surface area contributed by atoms with Gasteiger partial charge in [-0.1, -0.05) is 19.9 Å². The third kappa shape index (κ3) is 0.936. The molecule has 1 fully saturated rings. The topological polar surface area (TPSA) is 0 Å². The largest absolute Gasteiger partial charge is 0.103 e. The second-order valence-corrected chi connectivity index (χ2v) is 3.41. The summed E-state index contributed by atoms with van der Waals surface area (Å²) >= 11 is 0. The summed E-state index contributed by atoms with van der Waals surface area (Å²) < 4.78 is 0. The summed E-state index contributed by atoms with van der Waals surface area (Å²) in [7, 11) is 0. The molecule has 0 aliphatic heterocycles. The quantitative estimate of drug-likeness (QED) is 0.479. The third-order valence-corrected chi connectivity index (χ3v) is 2.17. The lowest BCUT2D eigenvalue weighted by atomic mass is 10.1. The maximum Gasteiger partial charge on any atom is -0.0320 e. The van der Waals surface area contributed by atoms with Crippen LogP contribution >= 0.6 is 0 Å². The Morgan fingerprint density at radius 3 is 2.38 bits per heavy atom. The summed E-state index contributed by atoms with van der Waals surface area (Å²) in [5.41, 5.74) is 0.647. The lowest BCUT2D eigenvalue weighted by molar-refractivity contribution is 0.563. The number of allylic oxidation sites excluding steroid dienone is 1. The van der Waals surface area contributed by atoms with E-state index in [1.807, 2.05) is 6.08 Å². The van der Waals surface area contributed by atoms with Crippen LogP contribution in [0.4, 0.5) is 0 Å². The Kier molecular flexibility index (Phi) is 1.18. The molecule has 0 aromatic rings. The molecule has 0 aromatic carbocycles. The fourth-order valence-electron chi connectivity index (χ4n) is 1.18. The van der Waals surface area contributed by atoms with Gasteiger partial charge in [-0.3, -0.25) is 0 Å². The Labute approximate surface area is 51.6 Å². The highest BCUT2D eigenvalue weighted by atomic mass is 14.5. The molecule has 0 amide bonds. The van der Waals surface area contributed by atoms with Crippen LogP contribution in [0.25, 0.3) is 0 Å². The smallest absolute Gasteiger partial charge is 0.0320 e. The summed E-state index contributed by atoms with van der Waals surface area (Å²) in [5.74, 6) is 0.944. The van der Waals surface area contributed by atoms with E-state index in [0.717, 1.165) is 5.92 Å². The summed E-state index contributed by atoms with van der Waals surface area (Å²) in [6, 6.07) is 0. The monoisotopic (exact) mass is 110 g/mol. The number of hydrogen-bond donors (Lipinski definition) is 0. The van der Waals surface area contributed by atoms with E-state index in [9.17, 15) is 0 Å². The van der Waals surface area contributed by atoms with Crippen LogP contribution in [0.3, 0.4) is 0 Å². The summed E-state index contributed by atoms with van der Waals surface area (Å²) in [4.78, 5) is 0. The van der Waals surface area contributed by atoms with Gasteiger partial charge in [0.05, 0.1) is 0 Å². The van der Waals surface area contributed by atoms with E-state index < -0.39 is 0 Å². The minimum Gasteiger partial charge on any atom is -0.103 e. The fourth-order valence-corrected chi connectivity index (χ4v) is 1.18. The van der Waals surface area contributed by atoms with Gasteiger partial charge in [0.1, 0.15) is 0 Å². The zero-order chi connectivity index (χ0) is 6.20. The summed E-state index contributed by atoms with van der Waals surface area (Å²) in [5, 5.41) is 0. The average molecular weight is 110 g/mol. The third-order valence-electron chi connectivity index (χ3n) is 2.17. The van der Waals surface area contributed by atoms with Gasteiger partial charge in [-0.2, -0.15) is 0 Å². The van der Waals surface area contributed by atoms with Crippen molar-refractivity contribution in [1.82, 2.24) is 0 Å². The number of hydrogen-bond acceptors (Lipinski definition) is 0. The molecule has 1 aliphatic rings. The minimum atomic E-state index is 0.647. The summed E-state index contributed by atoms with van der Waals surface area (Å²) in [6.07, 6.45) is 4.64. The van der Waals surface area contributed by atoms with Gasteiger partial charge >= 0.3 is 0 Å². The lowest BCUT2D eigenvalue weighted by Gasteiger charge is -1.96. The molecule has 0 bridgehead atoms. The molecule has 0 spiro atoms. The predicted octanol–water partition coefficient (Wildman–Crippen LogP) is 2.61. The highest BCUT2D eigenvalue weighted by Crippen LogP contribution is 2.53. The van der Waals surface area contributed by atoms with Crippen molar-refractivity contribution in [2.45, 2.75) is 26.7 Å². The molecule has 1 atom stereocenters. The Morgan fingerprint density at radius 2 is 2.25 bits per heavy atom. The maximum atomic E-state index is 3.71. The zero-order valence-electron chi connectivity index (χ0n) is 5.78. The van der Waals surface area contributed by atoms with Crippen molar-refractivity contribution < 1.29 is 0 Å². The van der Waals surface area contributed by atoms with E-state index in [1.165, 1.54) is 12.8 Å². The normalized spacial score (nSPS) is 32.0. The van der Waals surface area contributed by atoms with Gasteiger partial charge in [-0.05, 0) is 24.2 Å². The van der Waals surface area contributed by atoms with Gasteiger partial charge < -0.3 is 0 Å². The van der Waals surface area contributed by atoms with Crippen LogP contribution in [0.15, 0.2) is 12.7 Å². The zero-order valence-corrected chi connectivity index (χ0v) is 5.78. The standard InChI is InChI=1S/C8H14/c1-4-5-7-6-8(7,2)3/h4,7H,1,5-6H2,2-3H3. The molecule has 0 radical (unpaired) electrons. The first-order chi connectivity index (χ1) is 3.67. The molecule has 1 saturated carbocycles. The molecule has 8 heavy (non-hydrogen) atoms. The molecule has 0 nitrogen and oxygen atoms in total. The highest BCUT2D eigenvalue weighted by molar-refractivity contribution is 4.97. The molecule has 46 valence electrons. The SMILES string of the molecule is C=CCC1CC1(C)C. The first kappa shape index (κ1) is 5.87. The predicted molar refractivity (Wildman–Crippen MR) is 36.7 cm³/mol. The van der Waals surface area contributed by atoms with Crippen molar-refractivity contribution >= 4 is 0 Å². The minimum absolute atomic E-state index is 0.647. The van der Waals surface area contributed by atoms with E-state index in [0.29, 0.717) is 5.41 Å². The highest BCUT2D eigenvalue weighted by Gasteiger charge is 2.43. The lowest BCUT2D eigenvalue weighted by Crippen LogP contribution is -1.86. The fraction of sp³-hybridized carbons (Fsp3) is 0.750. The van der Waals surface area contributed by atoms with Crippen molar-refractivity contribution in [3.63, 3.8) is 0 Å². The number of rotatable bonds is 2. The van der Waals surface area contributed by atoms with Crippen LogP contribution < -0.4 is 0 Å². The van der Waals surface area contributed by atoms with E-state index >= 15 is 0 Å². The molecule has 0 N–H and O–H groups in total.